The van der Waals surface area contributed by atoms with Gasteiger partial charge in [0.15, 0.2) is 0 Å². The van der Waals surface area contributed by atoms with E-state index >= 15 is 0 Å². The van der Waals surface area contributed by atoms with E-state index in [4.69, 9.17) is 11.6 Å². The van der Waals surface area contributed by atoms with Crippen LogP contribution in [0.4, 0.5) is 0 Å². The summed E-state index contributed by atoms with van der Waals surface area (Å²) in [6.45, 7) is 5.06. The number of halogens is 1. The SMILES string of the molecule is CCC(CC)(CCl)CNC(=O)C1C2CCCC21. The van der Waals surface area contributed by atoms with Crippen LogP contribution >= 0.6 is 11.6 Å². The van der Waals surface area contributed by atoms with Crippen molar-refractivity contribution >= 4 is 17.5 Å². The molecule has 0 bridgehead atoms. The molecule has 0 saturated heterocycles. The molecule has 0 aromatic heterocycles. The summed E-state index contributed by atoms with van der Waals surface area (Å²) in [6, 6.07) is 0. The minimum Gasteiger partial charge on any atom is -0.355 e. The van der Waals surface area contributed by atoms with E-state index in [0.717, 1.165) is 19.4 Å². The van der Waals surface area contributed by atoms with Crippen molar-refractivity contribution in [1.82, 2.24) is 5.32 Å². The van der Waals surface area contributed by atoms with Crippen LogP contribution in [0, 0.1) is 23.2 Å². The summed E-state index contributed by atoms with van der Waals surface area (Å²) in [6.07, 6.45) is 5.93. The lowest BCUT2D eigenvalue weighted by Crippen LogP contribution is -2.39. The number of rotatable bonds is 6. The second kappa shape index (κ2) is 5.17. The molecule has 1 N–H and O–H groups in total. The van der Waals surface area contributed by atoms with Gasteiger partial charge < -0.3 is 5.32 Å². The third-order valence-corrected chi connectivity index (χ3v) is 5.70. The second-order valence-corrected chi connectivity index (χ2v) is 6.11. The Balaban J connectivity index is 1.80. The molecule has 0 aliphatic heterocycles. The lowest BCUT2D eigenvalue weighted by molar-refractivity contribution is -0.123. The molecule has 0 heterocycles. The molecule has 2 aliphatic carbocycles. The molecular formula is C14H24ClNO. The lowest BCUT2D eigenvalue weighted by Gasteiger charge is -2.29. The molecule has 2 atom stereocenters. The predicted octanol–water partition coefficient (Wildman–Crippen LogP) is 3.19. The summed E-state index contributed by atoms with van der Waals surface area (Å²) in [5.74, 6) is 2.69. The summed E-state index contributed by atoms with van der Waals surface area (Å²) in [7, 11) is 0. The molecule has 0 aromatic carbocycles. The van der Waals surface area contributed by atoms with E-state index < -0.39 is 0 Å². The molecule has 0 aromatic rings. The zero-order valence-electron chi connectivity index (χ0n) is 11.0. The van der Waals surface area contributed by atoms with Gasteiger partial charge in [-0.05, 0) is 37.5 Å². The molecule has 2 unspecified atom stereocenters. The van der Waals surface area contributed by atoms with Gasteiger partial charge in [0.2, 0.25) is 5.91 Å². The maximum absolute atomic E-state index is 12.1. The van der Waals surface area contributed by atoms with Crippen molar-refractivity contribution in [2.24, 2.45) is 23.2 Å². The Morgan fingerprint density at radius 2 is 1.88 bits per heavy atom. The largest absolute Gasteiger partial charge is 0.355 e. The number of hydrogen-bond acceptors (Lipinski definition) is 1. The van der Waals surface area contributed by atoms with Gasteiger partial charge in [-0.25, -0.2) is 0 Å². The average molecular weight is 258 g/mol. The van der Waals surface area contributed by atoms with Crippen LogP contribution in [0.3, 0.4) is 0 Å². The van der Waals surface area contributed by atoms with Crippen LogP contribution in [0.15, 0.2) is 0 Å². The van der Waals surface area contributed by atoms with Crippen LogP contribution in [0.2, 0.25) is 0 Å². The van der Waals surface area contributed by atoms with Gasteiger partial charge in [0.25, 0.3) is 0 Å². The molecule has 1 amide bonds. The molecule has 2 rings (SSSR count). The Kier molecular flexibility index (Phi) is 4.02. The fraction of sp³-hybridized carbons (Fsp3) is 0.929. The molecule has 0 spiro atoms. The van der Waals surface area contributed by atoms with Gasteiger partial charge in [-0.1, -0.05) is 20.3 Å². The highest BCUT2D eigenvalue weighted by Gasteiger charge is 2.56. The van der Waals surface area contributed by atoms with Crippen molar-refractivity contribution < 1.29 is 4.79 Å². The van der Waals surface area contributed by atoms with Gasteiger partial charge in [-0.15, -0.1) is 11.6 Å². The highest BCUT2D eigenvalue weighted by atomic mass is 35.5. The first-order chi connectivity index (χ1) is 8.17. The molecule has 2 saturated carbocycles. The van der Waals surface area contributed by atoms with Crippen LogP contribution in [-0.4, -0.2) is 18.3 Å². The zero-order chi connectivity index (χ0) is 12.5. The van der Waals surface area contributed by atoms with Crippen molar-refractivity contribution in [3.05, 3.63) is 0 Å². The first kappa shape index (κ1) is 13.2. The van der Waals surface area contributed by atoms with Gasteiger partial charge in [-0.2, -0.15) is 0 Å². The van der Waals surface area contributed by atoms with E-state index in [1.807, 2.05) is 0 Å². The van der Waals surface area contributed by atoms with Gasteiger partial charge in [0.1, 0.15) is 0 Å². The van der Waals surface area contributed by atoms with Gasteiger partial charge in [0.05, 0.1) is 0 Å². The summed E-state index contributed by atoms with van der Waals surface area (Å²) in [5, 5.41) is 3.14. The number of fused-ring (bicyclic) bond motifs is 1. The molecule has 0 radical (unpaired) electrons. The highest BCUT2D eigenvalue weighted by Crippen LogP contribution is 2.57. The van der Waals surface area contributed by atoms with Crippen molar-refractivity contribution in [3.63, 3.8) is 0 Å². The molecule has 98 valence electrons. The van der Waals surface area contributed by atoms with Crippen LogP contribution < -0.4 is 5.32 Å². The van der Waals surface area contributed by atoms with Crippen LogP contribution in [0.25, 0.3) is 0 Å². The van der Waals surface area contributed by atoms with E-state index in [-0.39, 0.29) is 11.3 Å². The van der Waals surface area contributed by atoms with Crippen LogP contribution in [0.5, 0.6) is 0 Å². The summed E-state index contributed by atoms with van der Waals surface area (Å²) in [4.78, 5) is 12.1. The first-order valence-electron chi connectivity index (χ1n) is 7.01. The number of carbonyl (C=O) groups is 1. The van der Waals surface area contributed by atoms with Gasteiger partial charge >= 0.3 is 0 Å². The Labute approximate surface area is 109 Å². The monoisotopic (exact) mass is 257 g/mol. The lowest BCUT2D eigenvalue weighted by atomic mass is 9.84. The zero-order valence-corrected chi connectivity index (χ0v) is 11.7. The van der Waals surface area contributed by atoms with E-state index in [9.17, 15) is 4.79 Å². The molecule has 17 heavy (non-hydrogen) atoms. The smallest absolute Gasteiger partial charge is 0.223 e. The normalized spacial score (nSPS) is 31.1. The van der Waals surface area contributed by atoms with E-state index in [2.05, 4.69) is 19.2 Å². The Hall–Kier alpha value is -0.240. The number of alkyl halides is 1. The third kappa shape index (κ3) is 2.47. The van der Waals surface area contributed by atoms with Crippen molar-refractivity contribution in [1.29, 1.82) is 0 Å². The summed E-state index contributed by atoms with van der Waals surface area (Å²) >= 11 is 6.05. The Bertz CT molecular complexity index is 270. The van der Waals surface area contributed by atoms with Crippen molar-refractivity contribution in [3.8, 4) is 0 Å². The van der Waals surface area contributed by atoms with E-state index in [1.165, 1.54) is 19.3 Å². The maximum Gasteiger partial charge on any atom is 0.223 e. The molecular weight excluding hydrogens is 234 g/mol. The van der Waals surface area contributed by atoms with E-state index in [0.29, 0.717) is 23.6 Å². The molecule has 2 nitrogen and oxygen atoms in total. The minimum atomic E-state index is 0.0984. The topological polar surface area (TPSA) is 29.1 Å². The number of carbonyl (C=O) groups excluding carboxylic acids is 1. The average Bonchev–Trinajstić information content (AvgIpc) is 2.85. The number of amides is 1. The van der Waals surface area contributed by atoms with E-state index in [1.54, 1.807) is 0 Å². The number of hydrogen-bond donors (Lipinski definition) is 1. The van der Waals surface area contributed by atoms with Gasteiger partial charge in [0, 0.05) is 23.8 Å². The predicted molar refractivity (Wildman–Crippen MR) is 71.1 cm³/mol. The fourth-order valence-electron chi connectivity index (χ4n) is 3.34. The molecule has 2 aliphatic rings. The standard InChI is InChI=1S/C14H24ClNO/c1-3-14(4-2,8-15)9-16-13(17)12-10-6-5-7-11(10)12/h10-12H,3-9H2,1-2H3,(H,16,17). The quantitative estimate of drug-likeness (QED) is 0.728. The minimum absolute atomic E-state index is 0.0984. The fourth-order valence-corrected chi connectivity index (χ4v) is 3.81. The van der Waals surface area contributed by atoms with Crippen LogP contribution in [0.1, 0.15) is 46.0 Å². The summed E-state index contributed by atoms with van der Waals surface area (Å²) < 4.78 is 0. The molecule has 3 heteroatoms. The highest BCUT2D eigenvalue weighted by molar-refractivity contribution is 6.18. The first-order valence-corrected chi connectivity index (χ1v) is 7.54. The Morgan fingerprint density at radius 1 is 1.29 bits per heavy atom. The van der Waals surface area contributed by atoms with Crippen molar-refractivity contribution in [2.45, 2.75) is 46.0 Å². The van der Waals surface area contributed by atoms with Crippen LogP contribution in [-0.2, 0) is 4.79 Å². The Morgan fingerprint density at radius 3 is 2.35 bits per heavy atom. The van der Waals surface area contributed by atoms with Crippen molar-refractivity contribution in [2.75, 3.05) is 12.4 Å². The third-order valence-electron chi connectivity index (χ3n) is 5.13. The molecule has 2 fully saturated rings. The maximum atomic E-state index is 12.1. The summed E-state index contributed by atoms with van der Waals surface area (Å²) in [5.41, 5.74) is 0.0984. The van der Waals surface area contributed by atoms with Gasteiger partial charge in [-0.3, -0.25) is 4.79 Å². The second-order valence-electron chi connectivity index (χ2n) is 5.84. The number of nitrogens with one attached hydrogen (secondary N) is 1.